The summed E-state index contributed by atoms with van der Waals surface area (Å²) in [5.41, 5.74) is 1.55. The average molecular weight is 562 g/mol. The van der Waals surface area contributed by atoms with Gasteiger partial charge >= 0.3 is 5.97 Å². The fraction of sp³-hybridized carbons (Fsp3) is 0.258. The number of halogens is 1. The summed E-state index contributed by atoms with van der Waals surface area (Å²) in [5.74, 6) is 0.0659. The maximum atomic E-state index is 13.9. The van der Waals surface area contributed by atoms with Crippen molar-refractivity contribution >= 4 is 40.1 Å². The maximum absolute atomic E-state index is 13.9. The molecule has 1 aliphatic rings. The van der Waals surface area contributed by atoms with E-state index in [0.717, 1.165) is 6.42 Å². The van der Waals surface area contributed by atoms with Crippen molar-refractivity contribution in [1.29, 1.82) is 0 Å². The summed E-state index contributed by atoms with van der Waals surface area (Å²) in [6, 6.07) is 15.7. The normalized spacial score (nSPS) is 14.3. The third-order valence-electron chi connectivity index (χ3n) is 6.53. The lowest BCUT2D eigenvalue weighted by molar-refractivity contribution is 0.0526. The summed E-state index contributed by atoms with van der Waals surface area (Å²) < 4.78 is 22.8. The van der Waals surface area contributed by atoms with E-state index in [1.165, 1.54) is 11.0 Å². The average Bonchev–Trinajstić information content (AvgIpc) is 3.25. The molecule has 3 aromatic carbocycles. The van der Waals surface area contributed by atoms with Crippen molar-refractivity contribution in [1.82, 2.24) is 0 Å². The van der Waals surface area contributed by atoms with Crippen LogP contribution in [-0.2, 0) is 4.74 Å². The summed E-state index contributed by atoms with van der Waals surface area (Å²) in [4.78, 5) is 41.5. The van der Waals surface area contributed by atoms with E-state index < -0.39 is 17.9 Å². The summed E-state index contributed by atoms with van der Waals surface area (Å²) in [6.45, 7) is 6.76. The number of hydrogen-bond acceptors (Lipinski definition) is 7. The minimum Gasteiger partial charge on any atom is -0.490 e. The zero-order chi connectivity index (χ0) is 28.4. The van der Waals surface area contributed by atoms with Crippen molar-refractivity contribution in [3.8, 4) is 11.5 Å². The highest BCUT2D eigenvalue weighted by molar-refractivity contribution is 6.31. The number of carbonyl (C=O) groups excluding carboxylic acids is 2. The van der Waals surface area contributed by atoms with Gasteiger partial charge in [-0.15, -0.1) is 0 Å². The Morgan fingerprint density at radius 3 is 2.40 bits per heavy atom. The quantitative estimate of drug-likeness (QED) is 0.213. The molecule has 1 aromatic heterocycles. The Hall–Kier alpha value is -4.30. The molecule has 1 amide bonds. The summed E-state index contributed by atoms with van der Waals surface area (Å²) >= 11 is 6.20. The van der Waals surface area contributed by atoms with Gasteiger partial charge in [-0.1, -0.05) is 24.6 Å². The Balaban J connectivity index is 1.70. The molecule has 0 N–H and O–H groups in total. The van der Waals surface area contributed by atoms with Gasteiger partial charge in [-0.3, -0.25) is 14.5 Å². The topological polar surface area (TPSA) is 95.3 Å². The number of hydrogen-bond donors (Lipinski definition) is 0. The standard InChI is InChI=1S/C31H28ClNO7/c1-4-15-39-24-13-9-19(16-25(24)37-5-2)27-26-28(34)22-17-20(32)10-14-23(22)40-29(26)30(35)33(27)21-11-7-18(8-12-21)31(36)38-6-3/h7-14,16-17,27H,4-6,15H2,1-3H3. The van der Waals surface area contributed by atoms with Crippen LogP contribution in [0.3, 0.4) is 0 Å². The number of nitrogens with zero attached hydrogens (tertiary/aromatic N) is 1. The van der Waals surface area contributed by atoms with E-state index in [4.69, 9.17) is 30.2 Å². The van der Waals surface area contributed by atoms with Gasteiger partial charge in [-0.05, 0) is 80.4 Å². The van der Waals surface area contributed by atoms with Crippen LogP contribution in [0.4, 0.5) is 5.69 Å². The maximum Gasteiger partial charge on any atom is 0.338 e. The lowest BCUT2D eigenvalue weighted by atomic mass is 9.97. The highest BCUT2D eigenvalue weighted by Gasteiger charge is 2.44. The molecule has 2 heterocycles. The van der Waals surface area contributed by atoms with E-state index in [-0.39, 0.29) is 34.3 Å². The van der Waals surface area contributed by atoms with Gasteiger partial charge in [0.25, 0.3) is 5.91 Å². The fourth-order valence-electron chi connectivity index (χ4n) is 4.79. The molecule has 1 aliphatic heterocycles. The summed E-state index contributed by atoms with van der Waals surface area (Å²) in [6.07, 6.45) is 0.823. The van der Waals surface area contributed by atoms with E-state index in [2.05, 4.69) is 0 Å². The molecule has 0 aliphatic carbocycles. The molecule has 0 saturated carbocycles. The van der Waals surface area contributed by atoms with E-state index in [1.54, 1.807) is 55.5 Å². The van der Waals surface area contributed by atoms with Crippen molar-refractivity contribution in [2.24, 2.45) is 0 Å². The second-order valence-corrected chi connectivity index (χ2v) is 9.58. The molecule has 4 aromatic rings. The molecular formula is C31H28ClNO7. The summed E-state index contributed by atoms with van der Waals surface area (Å²) in [7, 11) is 0. The highest BCUT2D eigenvalue weighted by atomic mass is 35.5. The SMILES string of the molecule is CCCOc1ccc(C2c3c(oc4ccc(Cl)cc4c3=O)C(=O)N2c2ccc(C(=O)OCC)cc2)cc1OCC. The molecule has 1 atom stereocenters. The molecule has 0 radical (unpaired) electrons. The van der Waals surface area contributed by atoms with Crippen molar-refractivity contribution in [3.05, 3.63) is 98.4 Å². The first-order valence-electron chi connectivity index (χ1n) is 13.1. The molecule has 1 unspecified atom stereocenters. The Morgan fingerprint density at radius 2 is 1.70 bits per heavy atom. The molecule has 0 saturated heterocycles. The van der Waals surface area contributed by atoms with Crippen LogP contribution in [0.2, 0.25) is 5.02 Å². The molecule has 206 valence electrons. The molecular weight excluding hydrogens is 534 g/mol. The van der Waals surface area contributed by atoms with Gasteiger partial charge in [0, 0.05) is 10.7 Å². The van der Waals surface area contributed by atoms with E-state index >= 15 is 0 Å². The van der Waals surface area contributed by atoms with Crippen LogP contribution in [0.1, 0.15) is 65.3 Å². The Morgan fingerprint density at radius 1 is 0.925 bits per heavy atom. The third-order valence-corrected chi connectivity index (χ3v) is 6.77. The minimum atomic E-state index is -0.838. The van der Waals surface area contributed by atoms with Crippen molar-refractivity contribution < 1.29 is 28.2 Å². The molecule has 0 bridgehead atoms. The first-order valence-corrected chi connectivity index (χ1v) is 13.5. The van der Waals surface area contributed by atoms with Crippen molar-refractivity contribution in [2.45, 2.75) is 33.2 Å². The molecule has 5 rings (SSSR count). The van der Waals surface area contributed by atoms with Crippen LogP contribution in [0.15, 0.2) is 69.9 Å². The van der Waals surface area contributed by atoms with Crippen LogP contribution < -0.4 is 19.8 Å². The van der Waals surface area contributed by atoms with Crippen LogP contribution in [0.5, 0.6) is 11.5 Å². The van der Waals surface area contributed by atoms with Crippen LogP contribution in [-0.4, -0.2) is 31.7 Å². The van der Waals surface area contributed by atoms with Gasteiger partial charge in [0.1, 0.15) is 5.58 Å². The minimum absolute atomic E-state index is 0.0523. The number of amides is 1. The third kappa shape index (κ3) is 4.91. The number of ether oxygens (including phenoxy) is 3. The first kappa shape index (κ1) is 27.3. The number of rotatable bonds is 9. The molecule has 9 heteroatoms. The zero-order valence-corrected chi connectivity index (χ0v) is 23.1. The molecule has 8 nitrogen and oxygen atoms in total. The number of esters is 1. The van der Waals surface area contributed by atoms with E-state index in [0.29, 0.717) is 46.5 Å². The Labute approximate surface area is 236 Å². The van der Waals surface area contributed by atoms with Gasteiger partial charge < -0.3 is 18.6 Å². The number of benzene rings is 3. The van der Waals surface area contributed by atoms with Crippen LogP contribution in [0.25, 0.3) is 11.0 Å². The second kappa shape index (κ2) is 11.4. The second-order valence-electron chi connectivity index (χ2n) is 9.15. The predicted molar refractivity (Wildman–Crippen MR) is 152 cm³/mol. The Bertz CT molecular complexity index is 1640. The first-order chi connectivity index (χ1) is 19.4. The van der Waals surface area contributed by atoms with Crippen LogP contribution in [0, 0.1) is 0 Å². The van der Waals surface area contributed by atoms with Crippen molar-refractivity contribution in [2.75, 3.05) is 24.7 Å². The summed E-state index contributed by atoms with van der Waals surface area (Å²) in [5, 5.41) is 0.652. The van der Waals surface area contributed by atoms with Gasteiger partial charge in [0.2, 0.25) is 5.76 Å². The van der Waals surface area contributed by atoms with Gasteiger partial charge in [0.15, 0.2) is 16.9 Å². The number of anilines is 1. The van der Waals surface area contributed by atoms with Crippen LogP contribution >= 0.6 is 11.6 Å². The molecule has 0 spiro atoms. The van der Waals surface area contributed by atoms with E-state index in [1.807, 2.05) is 19.9 Å². The largest absolute Gasteiger partial charge is 0.490 e. The lowest BCUT2D eigenvalue weighted by Gasteiger charge is -2.26. The molecule has 40 heavy (non-hydrogen) atoms. The monoisotopic (exact) mass is 561 g/mol. The fourth-order valence-corrected chi connectivity index (χ4v) is 4.97. The van der Waals surface area contributed by atoms with E-state index in [9.17, 15) is 14.4 Å². The zero-order valence-electron chi connectivity index (χ0n) is 22.4. The van der Waals surface area contributed by atoms with Gasteiger partial charge in [0.05, 0.1) is 42.4 Å². The number of carbonyl (C=O) groups is 2. The van der Waals surface area contributed by atoms with Gasteiger partial charge in [-0.2, -0.15) is 0 Å². The molecule has 0 fully saturated rings. The predicted octanol–water partition coefficient (Wildman–Crippen LogP) is 6.56. The van der Waals surface area contributed by atoms with Gasteiger partial charge in [-0.25, -0.2) is 4.79 Å². The Kier molecular flexibility index (Phi) is 7.80. The van der Waals surface area contributed by atoms with Crippen molar-refractivity contribution in [3.63, 3.8) is 0 Å². The lowest BCUT2D eigenvalue weighted by Crippen LogP contribution is -2.29. The number of fused-ring (bicyclic) bond motifs is 2. The highest BCUT2D eigenvalue weighted by Crippen LogP contribution is 2.43. The smallest absolute Gasteiger partial charge is 0.338 e.